The van der Waals surface area contributed by atoms with Gasteiger partial charge in [-0.05, 0) is 46.0 Å². The van der Waals surface area contributed by atoms with Crippen molar-refractivity contribution in [3.8, 4) is 11.5 Å². The van der Waals surface area contributed by atoms with Gasteiger partial charge in [-0.2, -0.15) is 0 Å². The van der Waals surface area contributed by atoms with Crippen LogP contribution in [0.2, 0.25) is 0 Å². The molecule has 1 aromatic rings. The molecular formula is C15H23BrO4. The molecule has 0 bridgehead atoms. The Morgan fingerprint density at radius 1 is 1.20 bits per heavy atom. The molecule has 5 heteroatoms. The molecule has 1 aromatic carbocycles. The van der Waals surface area contributed by atoms with Gasteiger partial charge in [0.05, 0.1) is 24.8 Å². The normalized spacial score (nSPS) is 10.9. The zero-order chi connectivity index (χ0) is 15.0. The van der Waals surface area contributed by atoms with E-state index >= 15 is 0 Å². The summed E-state index contributed by atoms with van der Waals surface area (Å²) in [6.45, 7) is 6.07. The largest absolute Gasteiger partial charge is 0.493 e. The van der Waals surface area contributed by atoms with E-state index in [4.69, 9.17) is 19.3 Å². The van der Waals surface area contributed by atoms with Crippen molar-refractivity contribution in [1.82, 2.24) is 0 Å². The van der Waals surface area contributed by atoms with Gasteiger partial charge in [0.2, 0.25) is 0 Å². The zero-order valence-corrected chi connectivity index (χ0v) is 13.9. The molecule has 0 amide bonds. The highest BCUT2D eigenvalue weighted by molar-refractivity contribution is 9.10. The number of hydrogen-bond donors (Lipinski definition) is 1. The van der Waals surface area contributed by atoms with E-state index in [1.807, 2.05) is 6.07 Å². The molecule has 0 radical (unpaired) electrons. The van der Waals surface area contributed by atoms with Crippen molar-refractivity contribution in [3.63, 3.8) is 0 Å². The summed E-state index contributed by atoms with van der Waals surface area (Å²) in [5.74, 6) is 1.89. The smallest absolute Gasteiger partial charge is 0.175 e. The van der Waals surface area contributed by atoms with Gasteiger partial charge in [-0.15, -0.1) is 0 Å². The van der Waals surface area contributed by atoms with Crippen LogP contribution in [-0.2, 0) is 11.3 Å². The number of halogens is 1. The third-order valence-corrected chi connectivity index (χ3v) is 3.37. The van der Waals surface area contributed by atoms with E-state index in [2.05, 4.69) is 29.8 Å². The van der Waals surface area contributed by atoms with E-state index in [-0.39, 0.29) is 6.61 Å². The minimum absolute atomic E-state index is 0.0342. The van der Waals surface area contributed by atoms with Crippen LogP contribution in [0.15, 0.2) is 16.6 Å². The van der Waals surface area contributed by atoms with Gasteiger partial charge in [0.1, 0.15) is 6.61 Å². The Kier molecular flexibility index (Phi) is 7.95. The first-order chi connectivity index (χ1) is 9.58. The second kappa shape index (κ2) is 9.21. The first-order valence-electron chi connectivity index (χ1n) is 6.76. The minimum Gasteiger partial charge on any atom is -0.493 e. The lowest BCUT2D eigenvalue weighted by atomic mass is 10.1. The van der Waals surface area contributed by atoms with Crippen LogP contribution in [-0.4, -0.2) is 32.0 Å². The van der Waals surface area contributed by atoms with E-state index in [0.717, 1.165) is 23.1 Å². The maximum absolute atomic E-state index is 9.15. The molecule has 1 rings (SSSR count). The number of aliphatic hydroxyl groups excluding tert-OH is 1. The van der Waals surface area contributed by atoms with Crippen LogP contribution in [0, 0.1) is 5.92 Å². The molecule has 0 aliphatic rings. The molecule has 20 heavy (non-hydrogen) atoms. The van der Waals surface area contributed by atoms with Gasteiger partial charge in [-0.3, -0.25) is 0 Å². The van der Waals surface area contributed by atoms with Crippen LogP contribution in [0.4, 0.5) is 0 Å². The summed E-state index contributed by atoms with van der Waals surface area (Å²) < 4.78 is 17.2. The topological polar surface area (TPSA) is 47.9 Å². The highest BCUT2D eigenvalue weighted by Crippen LogP contribution is 2.36. The second-order valence-electron chi connectivity index (χ2n) is 4.91. The predicted molar refractivity (Wildman–Crippen MR) is 82.4 cm³/mol. The van der Waals surface area contributed by atoms with Crippen molar-refractivity contribution in [3.05, 3.63) is 22.2 Å². The molecule has 0 atom stereocenters. The van der Waals surface area contributed by atoms with Gasteiger partial charge in [-0.1, -0.05) is 13.8 Å². The standard InChI is InChI=1S/C15H23BrO4/c1-11(2)4-5-19-6-7-20-15-13(16)8-12(10-17)9-14(15)18-3/h8-9,11,17H,4-7,10H2,1-3H3. The molecule has 0 saturated heterocycles. The van der Waals surface area contributed by atoms with Gasteiger partial charge < -0.3 is 19.3 Å². The number of aliphatic hydroxyl groups is 1. The fourth-order valence-corrected chi connectivity index (χ4v) is 2.23. The number of methoxy groups -OCH3 is 1. The Balaban J connectivity index is 2.47. The van der Waals surface area contributed by atoms with Crippen molar-refractivity contribution < 1.29 is 19.3 Å². The molecular weight excluding hydrogens is 324 g/mol. The molecule has 4 nitrogen and oxygen atoms in total. The maximum atomic E-state index is 9.15. The summed E-state index contributed by atoms with van der Waals surface area (Å²) in [5, 5.41) is 9.15. The third kappa shape index (κ3) is 5.69. The van der Waals surface area contributed by atoms with Crippen LogP contribution in [0.25, 0.3) is 0 Å². The summed E-state index contributed by atoms with van der Waals surface area (Å²) in [4.78, 5) is 0. The van der Waals surface area contributed by atoms with Crippen molar-refractivity contribution in [2.75, 3.05) is 26.9 Å². The molecule has 0 spiro atoms. The molecule has 0 aliphatic heterocycles. The summed E-state index contributed by atoms with van der Waals surface area (Å²) in [5.41, 5.74) is 0.772. The Morgan fingerprint density at radius 2 is 1.95 bits per heavy atom. The van der Waals surface area contributed by atoms with E-state index < -0.39 is 0 Å². The average Bonchev–Trinajstić information content (AvgIpc) is 2.42. The van der Waals surface area contributed by atoms with E-state index in [0.29, 0.717) is 30.6 Å². The van der Waals surface area contributed by atoms with E-state index in [1.165, 1.54) is 0 Å². The van der Waals surface area contributed by atoms with Gasteiger partial charge >= 0.3 is 0 Å². The fraction of sp³-hybridized carbons (Fsp3) is 0.600. The van der Waals surface area contributed by atoms with Crippen LogP contribution >= 0.6 is 15.9 Å². The van der Waals surface area contributed by atoms with Gasteiger partial charge in [0.25, 0.3) is 0 Å². The number of hydrogen-bond acceptors (Lipinski definition) is 4. The van der Waals surface area contributed by atoms with Gasteiger partial charge in [0, 0.05) is 6.61 Å². The molecule has 0 aromatic heterocycles. The molecule has 0 heterocycles. The summed E-state index contributed by atoms with van der Waals surface area (Å²) >= 11 is 3.42. The van der Waals surface area contributed by atoms with Crippen molar-refractivity contribution in [1.29, 1.82) is 0 Å². The molecule has 1 N–H and O–H groups in total. The highest BCUT2D eigenvalue weighted by Gasteiger charge is 2.11. The quantitative estimate of drug-likeness (QED) is 0.696. The van der Waals surface area contributed by atoms with Crippen LogP contribution in [0.3, 0.4) is 0 Å². The van der Waals surface area contributed by atoms with Crippen molar-refractivity contribution >= 4 is 15.9 Å². The molecule has 114 valence electrons. The van der Waals surface area contributed by atoms with Crippen LogP contribution in [0.5, 0.6) is 11.5 Å². The Morgan fingerprint density at radius 3 is 2.55 bits per heavy atom. The van der Waals surface area contributed by atoms with Crippen molar-refractivity contribution in [2.24, 2.45) is 5.92 Å². The Labute approximate surface area is 129 Å². The van der Waals surface area contributed by atoms with Gasteiger partial charge in [-0.25, -0.2) is 0 Å². The first-order valence-corrected chi connectivity index (χ1v) is 7.55. The predicted octanol–water partition coefficient (Wildman–Crippen LogP) is 3.39. The second-order valence-corrected chi connectivity index (χ2v) is 5.76. The fourth-order valence-electron chi connectivity index (χ4n) is 1.63. The zero-order valence-electron chi connectivity index (χ0n) is 12.3. The molecule has 0 unspecified atom stereocenters. The maximum Gasteiger partial charge on any atom is 0.175 e. The van der Waals surface area contributed by atoms with Crippen LogP contribution < -0.4 is 9.47 Å². The van der Waals surface area contributed by atoms with Crippen LogP contribution in [0.1, 0.15) is 25.8 Å². The summed E-state index contributed by atoms with van der Waals surface area (Å²) in [7, 11) is 1.58. The lowest BCUT2D eigenvalue weighted by Crippen LogP contribution is -2.09. The molecule has 0 aliphatic carbocycles. The van der Waals surface area contributed by atoms with Gasteiger partial charge in [0.15, 0.2) is 11.5 Å². The lowest BCUT2D eigenvalue weighted by molar-refractivity contribution is 0.0913. The number of benzene rings is 1. The van der Waals surface area contributed by atoms with E-state index in [9.17, 15) is 0 Å². The first kappa shape index (κ1) is 17.3. The monoisotopic (exact) mass is 346 g/mol. The summed E-state index contributed by atoms with van der Waals surface area (Å²) in [6.07, 6.45) is 1.05. The average molecular weight is 347 g/mol. The minimum atomic E-state index is -0.0342. The van der Waals surface area contributed by atoms with Crippen molar-refractivity contribution in [2.45, 2.75) is 26.9 Å². The lowest BCUT2D eigenvalue weighted by Gasteiger charge is -2.14. The Bertz CT molecular complexity index is 407. The Hall–Kier alpha value is -0.780. The number of rotatable bonds is 9. The SMILES string of the molecule is COc1cc(CO)cc(Br)c1OCCOCCC(C)C. The summed E-state index contributed by atoms with van der Waals surface area (Å²) in [6, 6.07) is 3.58. The van der Waals surface area contributed by atoms with E-state index in [1.54, 1.807) is 13.2 Å². The molecule has 0 fully saturated rings. The third-order valence-electron chi connectivity index (χ3n) is 2.79. The highest BCUT2D eigenvalue weighted by atomic mass is 79.9. The molecule has 0 saturated carbocycles. The number of ether oxygens (including phenoxy) is 3.